The van der Waals surface area contributed by atoms with Crippen molar-refractivity contribution in [3.8, 4) is 0 Å². The fourth-order valence-electron chi connectivity index (χ4n) is 1.66. The van der Waals surface area contributed by atoms with Gasteiger partial charge in [0.2, 0.25) is 10.7 Å². The summed E-state index contributed by atoms with van der Waals surface area (Å²) in [5, 5.41) is 0. The molecular formula is C11H20N4Na2S2. The molecule has 0 aliphatic heterocycles. The molecule has 0 fully saturated rings. The van der Waals surface area contributed by atoms with E-state index < -0.39 is 0 Å². The van der Waals surface area contributed by atoms with Gasteiger partial charge in [0.15, 0.2) is 4.77 Å². The zero-order valence-corrected chi connectivity index (χ0v) is 18.4. The summed E-state index contributed by atoms with van der Waals surface area (Å²) in [4.78, 5) is 12.4. The Morgan fingerprint density at radius 3 is 1.84 bits per heavy atom. The second kappa shape index (κ2) is 10.9. The van der Waals surface area contributed by atoms with Crippen LogP contribution in [0.5, 0.6) is 0 Å². The average molecular weight is 318 g/mol. The molecule has 0 saturated carbocycles. The fraction of sp³-hybridized carbons (Fsp3) is 0.727. The molecule has 1 heterocycles. The van der Waals surface area contributed by atoms with E-state index in [4.69, 9.17) is 24.4 Å². The van der Waals surface area contributed by atoms with Crippen molar-refractivity contribution in [3.63, 3.8) is 0 Å². The van der Waals surface area contributed by atoms with Crippen molar-refractivity contribution in [1.82, 2.24) is 15.0 Å². The van der Waals surface area contributed by atoms with E-state index >= 15 is 0 Å². The number of rotatable bonds is 5. The van der Waals surface area contributed by atoms with Gasteiger partial charge < -0.3 is 14.9 Å². The smallest absolute Gasteiger partial charge is 0.207 e. The predicted molar refractivity (Wildman–Crippen MR) is 88.0 cm³/mol. The van der Waals surface area contributed by atoms with Gasteiger partial charge in [-0.1, -0.05) is 27.7 Å². The third-order valence-corrected chi connectivity index (χ3v) is 2.52. The van der Waals surface area contributed by atoms with Gasteiger partial charge in [-0.25, -0.2) is 0 Å². The first-order valence-electron chi connectivity index (χ1n) is 5.84. The monoisotopic (exact) mass is 318 g/mol. The van der Waals surface area contributed by atoms with Crippen LogP contribution >= 0.6 is 24.4 Å². The molecule has 2 radical (unpaired) electrons. The molecule has 98 valence electrons. The third kappa shape index (κ3) is 8.98. The van der Waals surface area contributed by atoms with E-state index in [-0.39, 0.29) is 59.1 Å². The van der Waals surface area contributed by atoms with Crippen LogP contribution in [-0.4, -0.2) is 87.2 Å². The molecule has 4 nitrogen and oxygen atoms in total. The molecule has 0 bridgehead atoms. The number of nitrogens with zero attached hydrogens (tertiary/aromatic N) is 2. The molecular weight excluding hydrogens is 298 g/mol. The van der Waals surface area contributed by atoms with Crippen LogP contribution in [0.4, 0.5) is 5.95 Å². The Bertz CT molecular complexity index is 432. The summed E-state index contributed by atoms with van der Waals surface area (Å²) in [6.07, 6.45) is 0. The zero-order chi connectivity index (χ0) is 13.0. The molecule has 2 N–H and O–H groups in total. The van der Waals surface area contributed by atoms with Crippen molar-refractivity contribution in [1.29, 1.82) is 0 Å². The Hall–Kier alpha value is 1.25. The van der Waals surface area contributed by atoms with Crippen LogP contribution < -0.4 is 4.90 Å². The van der Waals surface area contributed by atoms with Crippen LogP contribution in [-0.2, 0) is 0 Å². The van der Waals surface area contributed by atoms with Crippen molar-refractivity contribution in [2.75, 3.05) is 18.0 Å². The minimum Gasteiger partial charge on any atom is -0.342 e. The van der Waals surface area contributed by atoms with Gasteiger partial charge in [-0.15, -0.1) is 0 Å². The molecule has 0 aliphatic carbocycles. The van der Waals surface area contributed by atoms with Crippen LogP contribution in [0.15, 0.2) is 0 Å². The minimum absolute atomic E-state index is 0. The Labute approximate surface area is 169 Å². The van der Waals surface area contributed by atoms with Gasteiger partial charge in [-0.2, -0.15) is 4.98 Å². The molecule has 0 spiro atoms. The number of hydrogen-bond acceptors (Lipinski definition) is 4. The van der Waals surface area contributed by atoms with Gasteiger partial charge in [0.25, 0.3) is 0 Å². The van der Waals surface area contributed by atoms with Crippen LogP contribution in [0, 0.1) is 21.4 Å². The summed E-state index contributed by atoms with van der Waals surface area (Å²) >= 11 is 10.1. The Morgan fingerprint density at radius 2 is 1.47 bits per heavy atom. The topological polar surface area (TPSA) is 47.7 Å². The number of H-pyrrole nitrogens is 2. The third-order valence-electron chi connectivity index (χ3n) is 2.12. The van der Waals surface area contributed by atoms with Crippen LogP contribution in [0.2, 0.25) is 0 Å². The standard InChI is InChI=1S/C11H20N4S2.2Na/c1-7(2)5-15(6-8(3)4)9-12-10(16)14-11(17)13-9;;/h7-8H,5-6H2,1-4H3,(H2,12,13,14,16,17);;. The number of hydrogen-bond donors (Lipinski definition) is 2. The van der Waals surface area contributed by atoms with Gasteiger partial charge in [0, 0.05) is 72.2 Å². The maximum absolute atomic E-state index is 5.09. The first-order chi connectivity index (χ1) is 7.88. The summed E-state index contributed by atoms with van der Waals surface area (Å²) in [7, 11) is 0. The van der Waals surface area contributed by atoms with E-state index in [0.717, 1.165) is 19.0 Å². The molecule has 1 aromatic heterocycles. The Kier molecular flexibility index (Phi) is 12.9. The largest absolute Gasteiger partial charge is 0.342 e. The molecule has 0 atom stereocenters. The number of anilines is 1. The number of nitrogens with one attached hydrogen (secondary N) is 2. The van der Waals surface area contributed by atoms with Crippen molar-refractivity contribution in [2.45, 2.75) is 27.7 Å². The second-order valence-electron chi connectivity index (χ2n) is 5.01. The number of aromatic amines is 2. The quantitative estimate of drug-likeness (QED) is 0.647. The van der Waals surface area contributed by atoms with Crippen molar-refractivity contribution in [3.05, 3.63) is 9.54 Å². The summed E-state index contributed by atoms with van der Waals surface area (Å²) in [5.74, 6) is 1.90. The predicted octanol–water partition coefficient (Wildman–Crippen LogP) is 2.55. The van der Waals surface area contributed by atoms with Crippen LogP contribution in [0.25, 0.3) is 0 Å². The van der Waals surface area contributed by atoms with Gasteiger partial charge >= 0.3 is 0 Å². The second-order valence-corrected chi connectivity index (χ2v) is 5.81. The summed E-state index contributed by atoms with van der Waals surface area (Å²) in [6, 6.07) is 0. The summed E-state index contributed by atoms with van der Waals surface area (Å²) in [5.41, 5.74) is 0. The van der Waals surface area contributed by atoms with Crippen molar-refractivity contribution in [2.24, 2.45) is 11.8 Å². The van der Waals surface area contributed by atoms with E-state index in [1.165, 1.54) is 0 Å². The zero-order valence-electron chi connectivity index (χ0n) is 12.8. The van der Waals surface area contributed by atoms with Gasteiger partial charge in [0.1, 0.15) is 0 Å². The van der Waals surface area contributed by atoms with Gasteiger partial charge in [0.05, 0.1) is 0 Å². The van der Waals surface area contributed by atoms with Gasteiger partial charge in [-0.05, 0) is 36.3 Å². The normalized spacial score (nSPS) is 10.0. The molecule has 1 aromatic rings. The fourth-order valence-corrected chi connectivity index (χ4v) is 2.10. The molecule has 8 heteroatoms. The first kappa shape index (κ1) is 22.5. The number of aromatic nitrogens is 3. The van der Waals surface area contributed by atoms with Crippen LogP contribution in [0.1, 0.15) is 27.7 Å². The van der Waals surface area contributed by atoms with Gasteiger partial charge in [-0.3, -0.25) is 0 Å². The van der Waals surface area contributed by atoms with E-state index in [9.17, 15) is 0 Å². The molecule has 1 rings (SSSR count). The summed E-state index contributed by atoms with van der Waals surface area (Å²) in [6.45, 7) is 10.6. The van der Waals surface area contributed by atoms with Crippen LogP contribution in [0.3, 0.4) is 0 Å². The minimum atomic E-state index is 0. The first-order valence-corrected chi connectivity index (χ1v) is 6.65. The maximum atomic E-state index is 5.09. The molecule has 0 amide bonds. The average Bonchev–Trinajstić information content (AvgIpc) is 2.13. The molecule has 0 saturated heterocycles. The molecule has 19 heavy (non-hydrogen) atoms. The van der Waals surface area contributed by atoms with Crippen molar-refractivity contribution >= 4 is 89.5 Å². The SMILES string of the molecule is CC(C)CN(CC(C)C)c1nc(=S)[nH]c(=S)[nH]1.[Na].[Na]. The van der Waals surface area contributed by atoms with Crippen molar-refractivity contribution < 1.29 is 0 Å². The molecule has 0 unspecified atom stereocenters. The molecule has 0 aromatic carbocycles. The maximum Gasteiger partial charge on any atom is 0.207 e. The summed E-state index contributed by atoms with van der Waals surface area (Å²) < 4.78 is 0.957. The van der Waals surface area contributed by atoms with E-state index in [1.54, 1.807) is 0 Å². The van der Waals surface area contributed by atoms with E-state index in [0.29, 0.717) is 21.4 Å². The van der Waals surface area contributed by atoms with E-state index in [2.05, 4.69) is 47.5 Å². The molecule has 0 aliphatic rings. The van der Waals surface area contributed by atoms with E-state index in [1.807, 2.05) is 0 Å². The Balaban J connectivity index is 0. The Morgan fingerprint density at radius 1 is 1.00 bits per heavy atom.